The summed E-state index contributed by atoms with van der Waals surface area (Å²) in [6.45, 7) is 1.72. The number of aromatic nitrogens is 2. The van der Waals surface area contributed by atoms with Crippen LogP contribution in [0.25, 0.3) is 0 Å². The lowest BCUT2D eigenvalue weighted by Gasteiger charge is -2.22. The minimum absolute atomic E-state index is 0.327. The van der Waals surface area contributed by atoms with Gasteiger partial charge in [-0.1, -0.05) is 0 Å². The predicted octanol–water partition coefficient (Wildman–Crippen LogP) is 1.03. The number of anilines is 1. The summed E-state index contributed by atoms with van der Waals surface area (Å²) >= 11 is 0. The molecule has 0 aromatic carbocycles. The molecular formula is C9H15N3O. The van der Waals surface area contributed by atoms with Crippen molar-refractivity contribution in [1.82, 2.24) is 9.78 Å². The molecule has 0 saturated carbocycles. The van der Waals surface area contributed by atoms with Gasteiger partial charge >= 0.3 is 0 Å². The molecule has 1 aliphatic rings. The zero-order valence-corrected chi connectivity index (χ0v) is 7.65. The van der Waals surface area contributed by atoms with Gasteiger partial charge in [0.1, 0.15) is 0 Å². The Labute approximate surface area is 77.7 Å². The summed E-state index contributed by atoms with van der Waals surface area (Å²) in [5.41, 5.74) is 6.28. The number of nitrogen functional groups attached to an aromatic ring is 1. The first-order valence-electron chi connectivity index (χ1n) is 4.74. The maximum absolute atomic E-state index is 5.59. The van der Waals surface area contributed by atoms with Crippen LogP contribution in [0, 0.1) is 0 Å². The molecule has 0 unspecified atom stereocenters. The summed E-state index contributed by atoms with van der Waals surface area (Å²) < 4.78 is 7.44. The highest BCUT2D eigenvalue weighted by Gasteiger charge is 2.14. The predicted molar refractivity (Wildman–Crippen MR) is 50.2 cm³/mol. The number of nitrogens with zero attached hydrogens (tertiary/aromatic N) is 2. The van der Waals surface area contributed by atoms with E-state index in [-0.39, 0.29) is 0 Å². The lowest BCUT2D eigenvalue weighted by atomic mass is 10.1. The van der Waals surface area contributed by atoms with E-state index in [1.165, 1.54) is 12.8 Å². The van der Waals surface area contributed by atoms with Gasteiger partial charge in [0.05, 0.1) is 24.5 Å². The molecule has 0 amide bonds. The summed E-state index contributed by atoms with van der Waals surface area (Å²) in [5, 5.41) is 4.12. The van der Waals surface area contributed by atoms with Gasteiger partial charge in [-0.05, 0) is 19.3 Å². The average molecular weight is 181 g/mol. The lowest BCUT2D eigenvalue weighted by molar-refractivity contribution is 0.00401. The van der Waals surface area contributed by atoms with Crippen molar-refractivity contribution in [2.75, 3.05) is 12.3 Å². The molecule has 13 heavy (non-hydrogen) atoms. The van der Waals surface area contributed by atoms with E-state index in [4.69, 9.17) is 10.5 Å². The normalized spacial score (nSPS) is 23.2. The monoisotopic (exact) mass is 181 g/mol. The van der Waals surface area contributed by atoms with Crippen molar-refractivity contribution in [1.29, 1.82) is 0 Å². The Morgan fingerprint density at radius 1 is 1.62 bits per heavy atom. The molecule has 2 rings (SSSR count). The largest absolute Gasteiger partial charge is 0.396 e. The number of hydrogen-bond acceptors (Lipinski definition) is 3. The molecule has 2 heterocycles. The first kappa shape index (κ1) is 8.56. The van der Waals surface area contributed by atoms with Gasteiger partial charge in [0, 0.05) is 12.8 Å². The highest BCUT2D eigenvalue weighted by atomic mass is 16.5. The fourth-order valence-corrected chi connectivity index (χ4v) is 1.64. The zero-order valence-electron chi connectivity index (χ0n) is 7.65. The maximum atomic E-state index is 5.59. The molecule has 2 N–H and O–H groups in total. The van der Waals surface area contributed by atoms with E-state index in [0.29, 0.717) is 6.10 Å². The van der Waals surface area contributed by atoms with E-state index in [9.17, 15) is 0 Å². The van der Waals surface area contributed by atoms with Crippen LogP contribution >= 0.6 is 0 Å². The van der Waals surface area contributed by atoms with Gasteiger partial charge in [0.15, 0.2) is 0 Å². The van der Waals surface area contributed by atoms with Gasteiger partial charge in [0.2, 0.25) is 0 Å². The highest BCUT2D eigenvalue weighted by molar-refractivity contribution is 5.30. The Balaban J connectivity index is 1.89. The van der Waals surface area contributed by atoms with Gasteiger partial charge < -0.3 is 10.5 Å². The Morgan fingerprint density at radius 3 is 3.15 bits per heavy atom. The van der Waals surface area contributed by atoms with Crippen molar-refractivity contribution >= 4 is 5.69 Å². The lowest BCUT2D eigenvalue weighted by Crippen LogP contribution is -2.24. The van der Waals surface area contributed by atoms with Crippen molar-refractivity contribution in [2.24, 2.45) is 0 Å². The second-order valence-electron chi connectivity index (χ2n) is 3.48. The molecule has 1 saturated heterocycles. The first-order chi connectivity index (χ1) is 6.34. The fourth-order valence-electron chi connectivity index (χ4n) is 1.64. The third-order valence-corrected chi connectivity index (χ3v) is 2.32. The van der Waals surface area contributed by atoms with Gasteiger partial charge in [-0.15, -0.1) is 0 Å². The first-order valence-corrected chi connectivity index (χ1v) is 4.74. The van der Waals surface area contributed by atoms with Crippen LogP contribution in [0.2, 0.25) is 0 Å². The van der Waals surface area contributed by atoms with E-state index < -0.39 is 0 Å². The van der Waals surface area contributed by atoms with Gasteiger partial charge in [-0.25, -0.2) is 0 Å². The van der Waals surface area contributed by atoms with E-state index in [1.807, 2.05) is 10.9 Å². The van der Waals surface area contributed by atoms with E-state index in [1.54, 1.807) is 6.20 Å². The van der Waals surface area contributed by atoms with Crippen LogP contribution in [-0.4, -0.2) is 22.5 Å². The summed E-state index contributed by atoms with van der Waals surface area (Å²) in [4.78, 5) is 0. The van der Waals surface area contributed by atoms with Crippen LogP contribution in [0.5, 0.6) is 0 Å². The molecular weight excluding hydrogens is 166 g/mol. The van der Waals surface area contributed by atoms with E-state index >= 15 is 0 Å². The van der Waals surface area contributed by atoms with Crippen molar-refractivity contribution in [3.8, 4) is 0 Å². The molecule has 4 nitrogen and oxygen atoms in total. The minimum Gasteiger partial charge on any atom is -0.396 e. The van der Waals surface area contributed by atoms with Gasteiger partial charge in [-0.2, -0.15) is 5.10 Å². The van der Waals surface area contributed by atoms with Crippen LogP contribution in [0.15, 0.2) is 12.4 Å². The van der Waals surface area contributed by atoms with E-state index in [0.717, 1.165) is 25.3 Å². The summed E-state index contributed by atoms with van der Waals surface area (Å²) in [5.74, 6) is 0. The summed E-state index contributed by atoms with van der Waals surface area (Å²) in [7, 11) is 0. The average Bonchev–Trinajstić information content (AvgIpc) is 2.53. The highest BCUT2D eigenvalue weighted by Crippen LogP contribution is 2.14. The third kappa shape index (κ3) is 2.21. The minimum atomic E-state index is 0.327. The van der Waals surface area contributed by atoms with Crippen LogP contribution in [0.1, 0.15) is 19.3 Å². The van der Waals surface area contributed by atoms with Crippen molar-refractivity contribution in [2.45, 2.75) is 31.9 Å². The fraction of sp³-hybridized carbons (Fsp3) is 0.667. The Hall–Kier alpha value is -1.03. The number of rotatable bonds is 2. The third-order valence-electron chi connectivity index (χ3n) is 2.32. The molecule has 0 radical (unpaired) electrons. The molecule has 72 valence electrons. The van der Waals surface area contributed by atoms with E-state index in [2.05, 4.69) is 5.10 Å². The SMILES string of the molecule is Nc1cnn(C[C@@H]2CCCCO2)c1. The standard InChI is InChI=1S/C9H15N3O/c10-8-5-11-12(6-8)7-9-3-1-2-4-13-9/h5-6,9H,1-4,7,10H2/t9-/m0/s1. The summed E-state index contributed by atoms with van der Waals surface area (Å²) in [6.07, 6.45) is 7.44. The number of ether oxygens (including phenoxy) is 1. The molecule has 1 atom stereocenters. The number of hydrogen-bond donors (Lipinski definition) is 1. The van der Waals surface area contributed by atoms with Crippen molar-refractivity contribution in [3.05, 3.63) is 12.4 Å². The van der Waals surface area contributed by atoms with Crippen molar-refractivity contribution in [3.63, 3.8) is 0 Å². The summed E-state index contributed by atoms with van der Waals surface area (Å²) in [6, 6.07) is 0. The zero-order chi connectivity index (χ0) is 9.10. The topological polar surface area (TPSA) is 53.1 Å². The smallest absolute Gasteiger partial charge is 0.0770 e. The Kier molecular flexibility index (Phi) is 2.49. The van der Waals surface area contributed by atoms with Gasteiger partial charge in [-0.3, -0.25) is 4.68 Å². The van der Waals surface area contributed by atoms with Gasteiger partial charge in [0.25, 0.3) is 0 Å². The molecule has 1 aromatic rings. The maximum Gasteiger partial charge on any atom is 0.0770 e. The Bertz CT molecular complexity index is 266. The number of nitrogens with two attached hydrogens (primary N) is 1. The molecule has 1 fully saturated rings. The van der Waals surface area contributed by atoms with Crippen LogP contribution in [0.3, 0.4) is 0 Å². The molecule has 1 aromatic heterocycles. The van der Waals surface area contributed by atoms with Crippen molar-refractivity contribution < 1.29 is 4.74 Å². The second kappa shape index (κ2) is 3.79. The Morgan fingerprint density at radius 2 is 2.54 bits per heavy atom. The second-order valence-corrected chi connectivity index (χ2v) is 3.48. The van der Waals surface area contributed by atoms with Crippen LogP contribution in [0.4, 0.5) is 5.69 Å². The van der Waals surface area contributed by atoms with Crippen LogP contribution < -0.4 is 5.73 Å². The molecule has 0 spiro atoms. The molecule has 0 bridgehead atoms. The van der Waals surface area contributed by atoms with Crippen LogP contribution in [-0.2, 0) is 11.3 Å². The molecule has 1 aliphatic heterocycles. The molecule has 0 aliphatic carbocycles. The quantitative estimate of drug-likeness (QED) is 0.741. The molecule has 4 heteroatoms.